The van der Waals surface area contributed by atoms with Crippen LogP contribution < -0.4 is 5.73 Å². The molecule has 0 unspecified atom stereocenters. The van der Waals surface area contributed by atoms with Gasteiger partial charge in [-0.25, -0.2) is 0 Å². The Morgan fingerprint density at radius 2 is 2.30 bits per heavy atom. The topological polar surface area (TPSA) is 26.0 Å². The molecule has 0 atom stereocenters. The lowest BCUT2D eigenvalue weighted by atomic mass is 10.1. The van der Waals surface area contributed by atoms with Crippen LogP contribution in [0.5, 0.6) is 0 Å². The quantitative estimate of drug-likeness (QED) is 0.654. The van der Waals surface area contributed by atoms with Crippen LogP contribution in [0.4, 0.5) is 0 Å². The Morgan fingerprint density at radius 1 is 1.50 bits per heavy atom. The van der Waals surface area contributed by atoms with E-state index in [2.05, 4.69) is 6.58 Å². The average Bonchev–Trinajstić information content (AvgIpc) is 2.05. The number of benzene rings is 1. The third-order valence-corrected chi connectivity index (χ3v) is 1.42. The van der Waals surface area contributed by atoms with Gasteiger partial charge in [0.15, 0.2) is 0 Å². The molecule has 52 valence electrons. The molecule has 2 N–H and O–H groups in total. The molecule has 0 aliphatic rings. The van der Waals surface area contributed by atoms with E-state index in [1.165, 1.54) is 0 Å². The molecule has 1 aromatic carbocycles. The smallest absolute Gasteiger partial charge is 0.0178 e. The van der Waals surface area contributed by atoms with Crippen molar-refractivity contribution < 1.29 is 0 Å². The molecule has 1 nitrogen and oxygen atoms in total. The molecule has 0 amide bonds. The van der Waals surface area contributed by atoms with E-state index in [0.717, 1.165) is 11.1 Å². The average molecular weight is 133 g/mol. The molecule has 0 aliphatic carbocycles. The summed E-state index contributed by atoms with van der Waals surface area (Å²) in [4.78, 5) is 0. The van der Waals surface area contributed by atoms with E-state index in [1.807, 2.05) is 30.3 Å². The van der Waals surface area contributed by atoms with Gasteiger partial charge in [-0.3, -0.25) is 0 Å². The molecule has 10 heavy (non-hydrogen) atoms. The third kappa shape index (κ3) is 1.45. The number of hydrogen-bond acceptors (Lipinski definition) is 1. The van der Waals surface area contributed by atoms with E-state index < -0.39 is 0 Å². The zero-order valence-electron chi connectivity index (χ0n) is 5.88. The Morgan fingerprint density at radius 3 is 2.90 bits per heavy atom. The van der Waals surface area contributed by atoms with Crippen molar-refractivity contribution in [2.75, 3.05) is 0 Å². The van der Waals surface area contributed by atoms with Gasteiger partial charge in [-0.1, -0.05) is 36.9 Å². The van der Waals surface area contributed by atoms with Gasteiger partial charge in [0.1, 0.15) is 0 Å². The van der Waals surface area contributed by atoms with Crippen molar-refractivity contribution in [3.63, 3.8) is 0 Å². The van der Waals surface area contributed by atoms with E-state index in [1.54, 1.807) is 0 Å². The Hall–Kier alpha value is -1.08. The first-order valence-electron chi connectivity index (χ1n) is 3.28. The summed E-state index contributed by atoms with van der Waals surface area (Å²) in [6, 6.07) is 8.03. The maximum atomic E-state index is 5.44. The summed E-state index contributed by atoms with van der Waals surface area (Å²) in [7, 11) is 0. The molecule has 0 bridgehead atoms. The second-order valence-corrected chi connectivity index (χ2v) is 2.15. The van der Waals surface area contributed by atoms with Gasteiger partial charge in [-0.2, -0.15) is 0 Å². The second-order valence-electron chi connectivity index (χ2n) is 2.15. The molecular weight excluding hydrogens is 122 g/mol. The fourth-order valence-corrected chi connectivity index (χ4v) is 0.847. The van der Waals surface area contributed by atoms with Crippen molar-refractivity contribution in [3.05, 3.63) is 42.0 Å². The minimum absolute atomic E-state index is 0.599. The lowest BCUT2D eigenvalue weighted by Gasteiger charge is -1.96. The Balaban J connectivity index is 2.98. The predicted molar refractivity (Wildman–Crippen MR) is 44.4 cm³/mol. The molecular formula is C9H11N. The van der Waals surface area contributed by atoms with E-state index in [0.29, 0.717) is 6.54 Å². The lowest BCUT2D eigenvalue weighted by molar-refractivity contribution is 1.07. The summed E-state index contributed by atoms with van der Waals surface area (Å²) < 4.78 is 0. The molecule has 0 saturated heterocycles. The highest BCUT2D eigenvalue weighted by atomic mass is 14.5. The largest absolute Gasteiger partial charge is 0.326 e. The van der Waals surface area contributed by atoms with E-state index in [9.17, 15) is 0 Å². The molecule has 1 heteroatoms. The molecule has 0 spiro atoms. The first-order valence-corrected chi connectivity index (χ1v) is 3.28. The van der Waals surface area contributed by atoms with Crippen LogP contribution in [0.3, 0.4) is 0 Å². The molecule has 0 aliphatic heterocycles. The van der Waals surface area contributed by atoms with E-state index >= 15 is 0 Å². The minimum Gasteiger partial charge on any atom is -0.326 e. The van der Waals surface area contributed by atoms with Crippen molar-refractivity contribution in [1.29, 1.82) is 0 Å². The predicted octanol–water partition coefficient (Wildman–Crippen LogP) is 1.79. The van der Waals surface area contributed by atoms with Gasteiger partial charge >= 0.3 is 0 Å². The van der Waals surface area contributed by atoms with Crippen LogP contribution in [-0.4, -0.2) is 0 Å². The Kier molecular flexibility index (Phi) is 2.24. The monoisotopic (exact) mass is 133 g/mol. The summed E-state index contributed by atoms with van der Waals surface area (Å²) in [5.41, 5.74) is 7.72. The fourth-order valence-electron chi connectivity index (χ4n) is 0.847. The zero-order valence-corrected chi connectivity index (χ0v) is 5.88. The lowest BCUT2D eigenvalue weighted by Crippen LogP contribution is -1.95. The van der Waals surface area contributed by atoms with Gasteiger partial charge in [0.05, 0.1) is 0 Å². The SMILES string of the molecule is C=Cc1cccc(CN)c1. The van der Waals surface area contributed by atoms with Gasteiger partial charge in [-0.05, 0) is 11.1 Å². The van der Waals surface area contributed by atoms with Crippen LogP contribution in [0.15, 0.2) is 30.8 Å². The third-order valence-electron chi connectivity index (χ3n) is 1.42. The van der Waals surface area contributed by atoms with Gasteiger partial charge < -0.3 is 5.73 Å². The summed E-state index contributed by atoms with van der Waals surface area (Å²) in [6.45, 7) is 4.26. The first kappa shape index (κ1) is 7.03. The number of nitrogens with two attached hydrogens (primary N) is 1. The molecule has 1 aromatic rings. The molecule has 0 radical (unpaired) electrons. The van der Waals surface area contributed by atoms with Crippen LogP contribution in [-0.2, 0) is 6.54 Å². The fraction of sp³-hybridized carbons (Fsp3) is 0.111. The van der Waals surface area contributed by atoms with Crippen LogP contribution in [0, 0.1) is 0 Å². The maximum Gasteiger partial charge on any atom is 0.0178 e. The number of hydrogen-bond donors (Lipinski definition) is 1. The van der Waals surface area contributed by atoms with E-state index in [-0.39, 0.29) is 0 Å². The molecule has 0 heterocycles. The van der Waals surface area contributed by atoms with Crippen molar-refractivity contribution in [2.45, 2.75) is 6.54 Å². The van der Waals surface area contributed by atoms with Gasteiger partial charge in [0.25, 0.3) is 0 Å². The summed E-state index contributed by atoms with van der Waals surface area (Å²) >= 11 is 0. The highest BCUT2D eigenvalue weighted by Crippen LogP contribution is 2.04. The van der Waals surface area contributed by atoms with Crippen LogP contribution in [0.1, 0.15) is 11.1 Å². The second kappa shape index (κ2) is 3.18. The van der Waals surface area contributed by atoms with E-state index in [4.69, 9.17) is 5.73 Å². The molecule has 0 saturated carbocycles. The number of rotatable bonds is 2. The van der Waals surface area contributed by atoms with Crippen LogP contribution >= 0.6 is 0 Å². The maximum absolute atomic E-state index is 5.44. The van der Waals surface area contributed by atoms with Gasteiger partial charge in [-0.15, -0.1) is 0 Å². The minimum atomic E-state index is 0.599. The summed E-state index contributed by atoms with van der Waals surface area (Å²) in [6.07, 6.45) is 1.82. The summed E-state index contributed by atoms with van der Waals surface area (Å²) in [5.74, 6) is 0. The zero-order chi connectivity index (χ0) is 7.40. The van der Waals surface area contributed by atoms with Crippen molar-refractivity contribution in [1.82, 2.24) is 0 Å². The molecule has 1 rings (SSSR count). The van der Waals surface area contributed by atoms with Crippen molar-refractivity contribution in [2.24, 2.45) is 5.73 Å². The molecule has 0 fully saturated rings. The Bertz CT molecular complexity index is 228. The van der Waals surface area contributed by atoms with Gasteiger partial charge in [0.2, 0.25) is 0 Å². The standard InChI is InChI=1S/C9H11N/c1-2-8-4-3-5-9(6-8)7-10/h2-6H,1,7,10H2. The van der Waals surface area contributed by atoms with Crippen molar-refractivity contribution in [3.8, 4) is 0 Å². The van der Waals surface area contributed by atoms with Crippen LogP contribution in [0.25, 0.3) is 6.08 Å². The molecule has 0 aromatic heterocycles. The van der Waals surface area contributed by atoms with Gasteiger partial charge in [0, 0.05) is 6.54 Å². The first-order chi connectivity index (χ1) is 4.86. The Labute approximate surface area is 61.2 Å². The highest BCUT2D eigenvalue weighted by Gasteiger charge is 1.87. The summed E-state index contributed by atoms with van der Waals surface area (Å²) in [5, 5.41) is 0. The normalized spacial score (nSPS) is 9.30. The van der Waals surface area contributed by atoms with Crippen LogP contribution in [0.2, 0.25) is 0 Å². The van der Waals surface area contributed by atoms with Crippen molar-refractivity contribution >= 4 is 6.08 Å². The highest BCUT2D eigenvalue weighted by molar-refractivity contribution is 5.47.